The lowest BCUT2D eigenvalue weighted by atomic mass is 10.1. The van der Waals surface area contributed by atoms with Crippen LogP contribution in [-0.2, 0) is 18.4 Å². The lowest BCUT2D eigenvalue weighted by Crippen LogP contribution is -2.45. The molecule has 0 spiro atoms. The van der Waals surface area contributed by atoms with E-state index in [0.29, 0.717) is 17.4 Å². The van der Waals surface area contributed by atoms with Crippen molar-refractivity contribution in [3.63, 3.8) is 0 Å². The first kappa shape index (κ1) is 53.4. The van der Waals surface area contributed by atoms with Crippen molar-refractivity contribution in [1.82, 2.24) is 5.32 Å². The zero-order chi connectivity index (χ0) is 41.4. The van der Waals surface area contributed by atoms with Gasteiger partial charge in [-0.15, -0.1) is 0 Å². The number of unbranched alkanes of at least 4 members (excludes halogenated alkanes) is 10. The highest BCUT2D eigenvalue weighted by Gasteiger charge is 2.27. The van der Waals surface area contributed by atoms with E-state index >= 15 is 0 Å². The molecule has 0 saturated heterocycles. The summed E-state index contributed by atoms with van der Waals surface area (Å²) >= 11 is 0. The number of aliphatic hydroxyl groups is 1. The normalized spacial score (nSPS) is 15.3. The SMILES string of the molecule is CC/C=C\C/C=C\C/C=C\C/C=C\C/C=C\C/C=C\C/C=C\CCCCCCCCCCCC(=O)NC(COP(=O)(O)OCC[N+](C)(C)C)C(O)/C=C/CCC. The maximum absolute atomic E-state index is 12.7. The Bertz CT molecular complexity index is 1230. The Morgan fingerprint density at radius 1 is 0.625 bits per heavy atom. The van der Waals surface area contributed by atoms with Gasteiger partial charge in [-0.3, -0.25) is 13.8 Å². The van der Waals surface area contributed by atoms with Crippen LogP contribution in [0.4, 0.5) is 0 Å². The van der Waals surface area contributed by atoms with E-state index in [1.54, 1.807) is 6.08 Å². The lowest BCUT2D eigenvalue weighted by molar-refractivity contribution is -0.870. The van der Waals surface area contributed by atoms with Gasteiger partial charge in [0.2, 0.25) is 5.91 Å². The van der Waals surface area contributed by atoms with Crippen molar-refractivity contribution in [3.8, 4) is 0 Å². The average molecular weight is 802 g/mol. The topological polar surface area (TPSA) is 105 Å². The van der Waals surface area contributed by atoms with Crippen LogP contribution in [0, 0.1) is 0 Å². The molecule has 320 valence electrons. The molecule has 1 amide bonds. The highest BCUT2D eigenvalue weighted by molar-refractivity contribution is 7.47. The van der Waals surface area contributed by atoms with Gasteiger partial charge in [0.1, 0.15) is 13.2 Å². The molecule has 8 nitrogen and oxygen atoms in total. The molecule has 0 heterocycles. The van der Waals surface area contributed by atoms with Crippen LogP contribution in [0.15, 0.2) is 97.2 Å². The highest BCUT2D eigenvalue weighted by Crippen LogP contribution is 2.43. The monoisotopic (exact) mass is 802 g/mol. The summed E-state index contributed by atoms with van der Waals surface area (Å²) < 4.78 is 23.2. The zero-order valence-corrected chi connectivity index (χ0v) is 37.0. The number of amides is 1. The molecule has 56 heavy (non-hydrogen) atoms. The predicted molar refractivity (Wildman–Crippen MR) is 239 cm³/mol. The van der Waals surface area contributed by atoms with Crippen LogP contribution in [0.2, 0.25) is 0 Å². The van der Waals surface area contributed by atoms with E-state index in [1.165, 1.54) is 38.5 Å². The fourth-order valence-corrected chi connectivity index (χ4v) is 6.11. The molecule has 0 bridgehead atoms. The van der Waals surface area contributed by atoms with Crippen molar-refractivity contribution in [2.75, 3.05) is 40.9 Å². The Balaban J connectivity index is 3.95. The second-order valence-corrected chi connectivity index (χ2v) is 16.8. The standard InChI is InChI=1S/C47H81N2O6P/c1-6-8-10-11-12-13-14-15-16-17-18-19-20-21-22-23-24-25-26-27-28-29-30-31-32-33-34-35-36-37-39-41-47(51)48-45(46(50)40-38-9-7-2)44-55-56(52,53)54-43-42-49(3,4)5/h8,10,12-13,15-16,18-19,21-22,24-25,27-28,38,40,45-46,50H,6-7,9,11,14,17,20,23,26,29-37,39,41-44H2,1-5H3,(H-,48,51,52,53)/p+1/b10-8-,13-12-,16-15-,19-18-,22-21-,25-24-,28-27-,40-38+. The van der Waals surface area contributed by atoms with Crippen LogP contribution < -0.4 is 5.32 Å². The largest absolute Gasteiger partial charge is 0.472 e. The third-order valence-electron chi connectivity index (χ3n) is 8.79. The number of likely N-dealkylation sites (N-methyl/N-ethyl adjacent to an activating group) is 1. The quantitative estimate of drug-likeness (QED) is 0.0250. The second kappa shape index (κ2) is 38.0. The molecule has 0 aromatic rings. The van der Waals surface area contributed by atoms with Gasteiger partial charge in [0, 0.05) is 6.42 Å². The third-order valence-corrected chi connectivity index (χ3v) is 9.78. The zero-order valence-electron chi connectivity index (χ0n) is 36.1. The number of rotatable bonds is 37. The Kier molecular flexibility index (Phi) is 36.2. The molecule has 3 atom stereocenters. The summed E-state index contributed by atoms with van der Waals surface area (Å²) in [6, 6.07) is -0.851. The van der Waals surface area contributed by atoms with Gasteiger partial charge in [-0.25, -0.2) is 4.57 Å². The van der Waals surface area contributed by atoms with E-state index < -0.39 is 20.0 Å². The van der Waals surface area contributed by atoms with Crippen molar-refractivity contribution >= 4 is 13.7 Å². The summed E-state index contributed by atoms with van der Waals surface area (Å²) in [5, 5.41) is 13.4. The molecule has 0 saturated carbocycles. The van der Waals surface area contributed by atoms with E-state index in [9.17, 15) is 19.4 Å². The first-order valence-corrected chi connectivity index (χ1v) is 23.1. The number of nitrogens with one attached hydrogen (secondary N) is 1. The van der Waals surface area contributed by atoms with Crippen molar-refractivity contribution in [2.24, 2.45) is 0 Å². The maximum Gasteiger partial charge on any atom is 0.472 e. The number of quaternary nitrogens is 1. The number of phosphoric ester groups is 1. The summed E-state index contributed by atoms with van der Waals surface area (Å²) in [4.78, 5) is 22.8. The first-order valence-electron chi connectivity index (χ1n) is 21.6. The Morgan fingerprint density at radius 2 is 1.07 bits per heavy atom. The molecule has 3 N–H and O–H groups in total. The number of nitrogens with zero attached hydrogens (tertiary/aromatic N) is 1. The molecule has 0 aliphatic rings. The van der Waals surface area contributed by atoms with Gasteiger partial charge in [-0.1, -0.05) is 162 Å². The Labute approximate surface area is 343 Å². The Morgan fingerprint density at radius 3 is 1.54 bits per heavy atom. The van der Waals surface area contributed by atoms with Gasteiger partial charge in [0.15, 0.2) is 0 Å². The first-order chi connectivity index (χ1) is 27.0. The van der Waals surface area contributed by atoms with E-state index in [4.69, 9.17) is 9.05 Å². The van der Waals surface area contributed by atoms with Gasteiger partial charge in [-0.05, 0) is 70.6 Å². The number of allylic oxidation sites excluding steroid dienone is 15. The summed E-state index contributed by atoms with van der Waals surface area (Å²) in [7, 11) is 1.54. The van der Waals surface area contributed by atoms with Gasteiger partial charge in [-0.2, -0.15) is 0 Å². The second-order valence-electron chi connectivity index (χ2n) is 15.3. The minimum absolute atomic E-state index is 0.0533. The molecule has 0 fully saturated rings. The van der Waals surface area contributed by atoms with Gasteiger partial charge in [0.05, 0.1) is 39.9 Å². The minimum Gasteiger partial charge on any atom is -0.387 e. The number of aliphatic hydroxyl groups excluding tert-OH is 1. The van der Waals surface area contributed by atoms with Crippen molar-refractivity contribution < 1.29 is 32.9 Å². The molecule has 0 rings (SSSR count). The van der Waals surface area contributed by atoms with E-state index in [2.05, 4.69) is 97.3 Å². The smallest absolute Gasteiger partial charge is 0.387 e. The van der Waals surface area contributed by atoms with E-state index in [1.807, 2.05) is 34.1 Å². The van der Waals surface area contributed by atoms with Crippen molar-refractivity contribution in [2.45, 2.75) is 154 Å². The third kappa shape index (κ3) is 39.6. The number of phosphoric acid groups is 1. The van der Waals surface area contributed by atoms with E-state index in [0.717, 1.165) is 83.5 Å². The van der Waals surface area contributed by atoms with Crippen LogP contribution >= 0.6 is 7.82 Å². The molecular formula is C47H82N2O6P+. The minimum atomic E-state index is -4.32. The molecule has 0 radical (unpaired) electrons. The number of carbonyl (C=O) groups excluding carboxylic acids is 1. The summed E-state index contributed by atoms with van der Waals surface area (Å²) in [6.45, 7) is 4.44. The van der Waals surface area contributed by atoms with Crippen molar-refractivity contribution in [1.29, 1.82) is 0 Å². The number of hydrogen-bond acceptors (Lipinski definition) is 5. The van der Waals surface area contributed by atoms with Crippen LogP contribution in [0.25, 0.3) is 0 Å². The van der Waals surface area contributed by atoms with Crippen LogP contribution in [0.5, 0.6) is 0 Å². The van der Waals surface area contributed by atoms with Crippen molar-refractivity contribution in [3.05, 3.63) is 97.2 Å². The molecule has 0 aromatic carbocycles. The molecule has 3 unspecified atom stereocenters. The summed E-state index contributed by atoms with van der Waals surface area (Å²) in [5.41, 5.74) is 0. The molecule has 0 aliphatic carbocycles. The predicted octanol–water partition coefficient (Wildman–Crippen LogP) is 12.0. The fraction of sp³-hybridized carbons (Fsp3) is 0.638. The summed E-state index contributed by atoms with van der Waals surface area (Å²) in [5.74, 6) is -0.202. The van der Waals surface area contributed by atoms with Gasteiger partial charge < -0.3 is 19.8 Å². The lowest BCUT2D eigenvalue weighted by Gasteiger charge is -2.25. The fourth-order valence-electron chi connectivity index (χ4n) is 5.38. The van der Waals surface area contributed by atoms with E-state index in [-0.39, 0.29) is 19.1 Å². The van der Waals surface area contributed by atoms with Crippen LogP contribution in [-0.4, -0.2) is 73.4 Å². The highest BCUT2D eigenvalue weighted by atomic mass is 31.2. The molecule has 0 aromatic heterocycles. The maximum atomic E-state index is 12.7. The Hall–Kier alpha value is -2.58. The average Bonchev–Trinajstić information content (AvgIpc) is 3.15. The molecule has 0 aliphatic heterocycles. The summed E-state index contributed by atoms with van der Waals surface area (Å²) in [6.07, 6.45) is 54.3. The molecule has 9 heteroatoms. The van der Waals surface area contributed by atoms with Gasteiger partial charge in [0.25, 0.3) is 0 Å². The molecular weight excluding hydrogens is 719 g/mol. The number of carbonyl (C=O) groups is 1. The number of hydrogen-bond donors (Lipinski definition) is 3. The van der Waals surface area contributed by atoms with Crippen LogP contribution in [0.3, 0.4) is 0 Å². The van der Waals surface area contributed by atoms with Crippen LogP contribution in [0.1, 0.15) is 142 Å². The van der Waals surface area contributed by atoms with Gasteiger partial charge >= 0.3 is 7.82 Å².